The van der Waals surface area contributed by atoms with Gasteiger partial charge in [0.15, 0.2) is 11.5 Å². The molecule has 0 N–H and O–H groups in total. The van der Waals surface area contributed by atoms with Crippen LogP contribution in [0.2, 0.25) is 0 Å². The Kier molecular flexibility index (Phi) is 5.91. The molecule has 35 heavy (non-hydrogen) atoms. The van der Waals surface area contributed by atoms with Crippen molar-refractivity contribution in [2.24, 2.45) is 0 Å². The molecule has 3 aromatic heterocycles. The minimum absolute atomic E-state index is 0.602. The number of para-hydroxylation sites is 1. The summed E-state index contributed by atoms with van der Waals surface area (Å²) >= 11 is 4.45. The highest BCUT2D eigenvalue weighted by Crippen LogP contribution is 2.54. The Morgan fingerprint density at radius 2 is 1.09 bits per heavy atom. The van der Waals surface area contributed by atoms with Gasteiger partial charge in [0.25, 0.3) is 0 Å². The maximum Gasteiger partial charge on any atom is 0.181 e. The third-order valence-electron chi connectivity index (χ3n) is 5.40. The number of hydrogen-bond donors (Lipinski definition) is 0. The van der Waals surface area contributed by atoms with Gasteiger partial charge in [0.2, 0.25) is 0 Å². The van der Waals surface area contributed by atoms with Crippen LogP contribution in [0.15, 0.2) is 89.6 Å². The van der Waals surface area contributed by atoms with Crippen LogP contribution in [-0.2, 0) is 0 Å². The number of nitrogens with zero attached hydrogens (tertiary/aromatic N) is 2. The van der Waals surface area contributed by atoms with Gasteiger partial charge in [-0.05, 0) is 59.3 Å². The lowest BCUT2D eigenvalue weighted by atomic mass is 10.0. The first kappa shape index (κ1) is 21.8. The second-order valence-corrected chi connectivity index (χ2v) is 9.94. The molecule has 6 aromatic rings. The van der Waals surface area contributed by atoms with E-state index in [1.54, 1.807) is 29.8 Å². The lowest BCUT2D eigenvalue weighted by Gasteiger charge is -2.19. The molecule has 0 bridgehead atoms. The predicted molar refractivity (Wildman–Crippen MR) is 144 cm³/mol. The summed E-state index contributed by atoms with van der Waals surface area (Å²) in [4.78, 5) is 2.06. The second kappa shape index (κ2) is 9.50. The monoisotopic (exact) mass is 514 g/mol. The average molecular weight is 515 g/mol. The molecule has 3 aromatic carbocycles. The Hall–Kier alpha value is -3.72. The van der Waals surface area contributed by atoms with Gasteiger partial charge in [-0.2, -0.15) is 8.75 Å². The van der Waals surface area contributed by atoms with Gasteiger partial charge in [-0.25, -0.2) is 0 Å². The molecule has 0 fully saturated rings. The van der Waals surface area contributed by atoms with Crippen molar-refractivity contribution in [1.82, 2.24) is 8.75 Å². The molecule has 0 saturated carbocycles. The third-order valence-corrected chi connectivity index (χ3v) is 7.70. The van der Waals surface area contributed by atoms with Crippen LogP contribution in [0.25, 0.3) is 31.9 Å². The van der Waals surface area contributed by atoms with Gasteiger partial charge < -0.3 is 14.2 Å². The van der Waals surface area contributed by atoms with Gasteiger partial charge in [0.05, 0.1) is 30.0 Å². The zero-order valence-corrected chi connectivity index (χ0v) is 21.0. The zero-order chi connectivity index (χ0) is 23.6. The van der Waals surface area contributed by atoms with E-state index in [-0.39, 0.29) is 0 Å². The van der Waals surface area contributed by atoms with Gasteiger partial charge in [-0.15, -0.1) is 22.7 Å². The molecule has 6 rings (SSSR count). The molecule has 0 saturated heterocycles. The summed E-state index contributed by atoms with van der Waals surface area (Å²) in [6.45, 7) is 0. The molecule has 0 aliphatic rings. The molecule has 0 amide bonds. The number of thiophene rings is 2. The lowest BCUT2D eigenvalue weighted by Crippen LogP contribution is -1.97. The first-order chi connectivity index (χ1) is 17.3. The fourth-order valence-corrected chi connectivity index (χ4v) is 5.92. The standard InChI is InChI=1S/C27H18N2O3S3/c1-30-17-11-13-19(14-12-17)32-27-23(21-10-6-16-34-21)25-24(28-35-29-25)22(20-9-5-15-33-20)26(27)31-18-7-3-2-4-8-18/h2-16H,1H3. The minimum atomic E-state index is 0.602. The van der Waals surface area contributed by atoms with E-state index in [4.69, 9.17) is 23.0 Å². The van der Waals surface area contributed by atoms with E-state index in [1.165, 1.54) is 11.7 Å². The van der Waals surface area contributed by atoms with Crippen LogP contribution in [0.5, 0.6) is 28.7 Å². The van der Waals surface area contributed by atoms with Crippen LogP contribution < -0.4 is 14.2 Å². The average Bonchev–Trinajstić information content (AvgIpc) is 3.69. The van der Waals surface area contributed by atoms with Gasteiger partial charge in [-0.3, -0.25) is 0 Å². The number of hydrogen-bond acceptors (Lipinski definition) is 8. The smallest absolute Gasteiger partial charge is 0.181 e. The van der Waals surface area contributed by atoms with Crippen LogP contribution in [0.4, 0.5) is 0 Å². The van der Waals surface area contributed by atoms with Crippen molar-refractivity contribution >= 4 is 45.4 Å². The number of fused-ring (bicyclic) bond motifs is 1. The fraction of sp³-hybridized carbons (Fsp3) is 0.0370. The van der Waals surface area contributed by atoms with E-state index in [0.717, 1.165) is 37.7 Å². The van der Waals surface area contributed by atoms with Crippen LogP contribution in [-0.4, -0.2) is 15.9 Å². The predicted octanol–water partition coefficient (Wildman–Crippen LogP) is 8.74. The third kappa shape index (κ3) is 4.16. The van der Waals surface area contributed by atoms with Crippen molar-refractivity contribution in [1.29, 1.82) is 0 Å². The Balaban J connectivity index is 1.66. The SMILES string of the molecule is COc1ccc(Oc2c(Oc3ccccc3)c(-c3cccs3)c3nsnc3c2-c2cccs2)cc1. The molecule has 3 heterocycles. The van der Waals surface area contributed by atoms with Crippen molar-refractivity contribution in [2.75, 3.05) is 7.11 Å². The Morgan fingerprint density at radius 3 is 1.57 bits per heavy atom. The molecule has 0 aliphatic carbocycles. The summed E-state index contributed by atoms with van der Waals surface area (Å²) in [6.07, 6.45) is 0. The summed E-state index contributed by atoms with van der Waals surface area (Å²) in [6, 6.07) is 25.4. The van der Waals surface area contributed by atoms with E-state index in [9.17, 15) is 0 Å². The topological polar surface area (TPSA) is 53.5 Å². The Bertz CT molecular complexity index is 1560. The number of aromatic nitrogens is 2. The second-order valence-electron chi connectivity index (χ2n) is 7.52. The zero-order valence-electron chi connectivity index (χ0n) is 18.5. The Labute approximate surface area is 214 Å². The molecular weight excluding hydrogens is 497 g/mol. The summed E-state index contributed by atoms with van der Waals surface area (Å²) in [7, 11) is 1.65. The van der Waals surface area contributed by atoms with Crippen molar-refractivity contribution < 1.29 is 14.2 Å². The van der Waals surface area contributed by atoms with Crippen molar-refractivity contribution in [3.63, 3.8) is 0 Å². The van der Waals surface area contributed by atoms with Gasteiger partial charge in [-0.1, -0.05) is 30.3 Å². The molecule has 0 unspecified atom stereocenters. The first-order valence-electron chi connectivity index (χ1n) is 10.8. The number of rotatable bonds is 7. The number of methoxy groups -OCH3 is 1. The van der Waals surface area contributed by atoms with E-state index in [0.29, 0.717) is 23.0 Å². The lowest BCUT2D eigenvalue weighted by molar-refractivity contribution is 0.409. The van der Waals surface area contributed by atoms with E-state index in [1.807, 2.05) is 77.5 Å². The normalized spacial score (nSPS) is 11.0. The molecule has 0 spiro atoms. The minimum Gasteiger partial charge on any atom is -0.497 e. The Morgan fingerprint density at radius 1 is 0.571 bits per heavy atom. The summed E-state index contributed by atoms with van der Waals surface area (Å²) in [5.74, 6) is 3.35. The van der Waals surface area contributed by atoms with Crippen molar-refractivity contribution in [2.45, 2.75) is 0 Å². The van der Waals surface area contributed by atoms with Crippen molar-refractivity contribution in [3.05, 3.63) is 89.6 Å². The van der Waals surface area contributed by atoms with Crippen LogP contribution >= 0.6 is 34.4 Å². The van der Waals surface area contributed by atoms with E-state index >= 15 is 0 Å². The highest BCUT2D eigenvalue weighted by molar-refractivity contribution is 7.14. The van der Waals surface area contributed by atoms with Crippen LogP contribution in [0, 0.1) is 0 Å². The molecule has 0 aliphatic heterocycles. The van der Waals surface area contributed by atoms with Gasteiger partial charge in [0.1, 0.15) is 28.3 Å². The molecule has 5 nitrogen and oxygen atoms in total. The molecular formula is C27H18N2O3S3. The maximum absolute atomic E-state index is 6.62. The largest absolute Gasteiger partial charge is 0.497 e. The fourth-order valence-electron chi connectivity index (χ4n) is 3.82. The van der Waals surface area contributed by atoms with Crippen LogP contribution in [0.1, 0.15) is 0 Å². The molecule has 0 radical (unpaired) electrons. The highest BCUT2D eigenvalue weighted by Gasteiger charge is 2.28. The maximum atomic E-state index is 6.62. The summed E-state index contributed by atoms with van der Waals surface area (Å²) in [5, 5.41) is 4.09. The molecule has 0 atom stereocenters. The summed E-state index contributed by atoms with van der Waals surface area (Å²) in [5.41, 5.74) is 3.33. The van der Waals surface area contributed by atoms with Gasteiger partial charge in [0, 0.05) is 9.75 Å². The van der Waals surface area contributed by atoms with Crippen LogP contribution in [0.3, 0.4) is 0 Å². The quantitative estimate of drug-likeness (QED) is 0.213. The van der Waals surface area contributed by atoms with Crippen molar-refractivity contribution in [3.8, 4) is 49.6 Å². The number of benzene rings is 3. The van der Waals surface area contributed by atoms with Gasteiger partial charge >= 0.3 is 0 Å². The number of ether oxygens (including phenoxy) is 3. The summed E-state index contributed by atoms with van der Waals surface area (Å²) < 4.78 is 28.0. The molecule has 172 valence electrons. The van der Waals surface area contributed by atoms with E-state index < -0.39 is 0 Å². The molecule has 8 heteroatoms. The first-order valence-corrected chi connectivity index (χ1v) is 13.3. The van der Waals surface area contributed by atoms with E-state index in [2.05, 4.69) is 12.1 Å². The highest BCUT2D eigenvalue weighted by atomic mass is 32.1.